The number of nitrogens with zero attached hydrogens (tertiary/aromatic N) is 1. The lowest BCUT2D eigenvalue weighted by Crippen LogP contribution is -2.09. The number of anilines is 2. The molecule has 0 N–H and O–H groups in total. The van der Waals surface area contributed by atoms with Gasteiger partial charge in [0.05, 0.1) is 11.4 Å². The fourth-order valence-electron chi connectivity index (χ4n) is 2.01. The van der Waals surface area contributed by atoms with Crippen LogP contribution in [0.1, 0.15) is 30.9 Å². The van der Waals surface area contributed by atoms with E-state index in [9.17, 15) is 0 Å². The first-order valence-corrected chi connectivity index (χ1v) is 8.75. The predicted octanol–water partition coefficient (Wildman–Crippen LogP) is 5.89. The number of hydrogen-bond donors (Lipinski definition) is 0. The second kappa shape index (κ2) is 8.56. The Labute approximate surface area is 138 Å². The maximum atomic E-state index is 3.30. The molecule has 0 saturated carbocycles. The fraction of sp³-hybridized carbons (Fsp3) is 0.300. The van der Waals surface area contributed by atoms with Gasteiger partial charge in [0.25, 0.3) is 0 Å². The number of rotatable bonds is 5. The molecule has 0 heterocycles. The third kappa shape index (κ3) is 4.86. The number of unbranched alkanes of at least 4 members (excludes halogenated alkanes) is 1. The molecule has 0 amide bonds. The van der Waals surface area contributed by atoms with Gasteiger partial charge in [-0.2, -0.15) is 0 Å². The van der Waals surface area contributed by atoms with E-state index in [2.05, 4.69) is 85.5 Å². The largest absolute Gasteiger partial charge is 0.269 e. The molecular weight excluding hydrogens is 286 g/mol. The molecule has 22 heavy (non-hydrogen) atoms. The van der Waals surface area contributed by atoms with Gasteiger partial charge in [-0.1, -0.05) is 60.5 Å². The average Bonchev–Trinajstić information content (AvgIpc) is 2.53. The number of aryl methyl sites for hydroxylation is 2. The van der Waals surface area contributed by atoms with Gasteiger partial charge in [0.15, 0.2) is 0 Å². The molecule has 1 nitrogen and oxygen atoms in total. The van der Waals surface area contributed by atoms with Crippen molar-refractivity contribution in [3.63, 3.8) is 0 Å². The maximum Gasteiger partial charge on any atom is 0.0546 e. The summed E-state index contributed by atoms with van der Waals surface area (Å²) in [5, 5.41) is 3.24. The van der Waals surface area contributed by atoms with Crippen LogP contribution in [0.3, 0.4) is 0 Å². The van der Waals surface area contributed by atoms with Gasteiger partial charge in [0, 0.05) is 11.8 Å². The molecular formula is C20H23NS. The van der Waals surface area contributed by atoms with Gasteiger partial charge in [-0.3, -0.25) is 4.90 Å². The van der Waals surface area contributed by atoms with Gasteiger partial charge in [0.1, 0.15) is 0 Å². The minimum absolute atomic E-state index is 1.10. The summed E-state index contributed by atoms with van der Waals surface area (Å²) >= 11 is 1.70. The third-order valence-electron chi connectivity index (χ3n) is 3.41. The lowest BCUT2D eigenvalue weighted by molar-refractivity contribution is 0.898. The summed E-state index contributed by atoms with van der Waals surface area (Å²) in [6, 6.07) is 20.3. The van der Waals surface area contributed by atoms with Crippen LogP contribution < -0.4 is 4.90 Å². The van der Waals surface area contributed by atoms with Gasteiger partial charge in [-0.25, -0.2) is 0 Å². The summed E-state index contributed by atoms with van der Waals surface area (Å²) in [7, 11) is 0. The van der Waals surface area contributed by atoms with E-state index in [1.54, 1.807) is 11.8 Å². The first kappa shape index (κ1) is 16.5. The van der Waals surface area contributed by atoms with Crippen molar-refractivity contribution in [2.45, 2.75) is 33.6 Å². The molecule has 0 aromatic heterocycles. The molecule has 0 bridgehead atoms. The molecule has 0 spiro atoms. The molecule has 2 aromatic rings. The van der Waals surface area contributed by atoms with Gasteiger partial charge in [-0.15, -0.1) is 0 Å². The molecule has 0 fully saturated rings. The second-order valence-corrected chi connectivity index (χ2v) is 6.32. The molecule has 2 heteroatoms. The minimum Gasteiger partial charge on any atom is -0.269 e. The maximum absolute atomic E-state index is 3.30. The Balaban J connectivity index is 2.24. The second-order valence-electron chi connectivity index (χ2n) is 5.42. The van der Waals surface area contributed by atoms with Crippen molar-refractivity contribution in [3.8, 4) is 11.3 Å². The Morgan fingerprint density at radius 1 is 0.864 bits per heavy atom. The lowest BCUT2D eigenvalue weighted by atomic mass is 10.2. The van der Waals surface area contributed by atoms with Crippen molar-refractivity contribution in [3.05, 3.63) is 59.7 Å². The van der Waals surface area contributed by atoms with Crippen molar-refractivity contribution in [1.29, 1.82) is 0 Å². The summed E-state index contributed by atoms with van der Waals surface area (Å²) in [5.41, 5.74) is 4.74. The van der Waals surface area contributed by atoms with Crippen LogP contribution in [0.25, 0.3) is 0 Å². The minimum atomic E-state index is 1.10. The molecule has 0 saturated heterocycles. The fourth-order valence-corrected chi connectivity index (χ4v) is 2.70. The topological polar surface area (TPSA) is 3.24 Å². The zero-order chi connectivity index (χ0) is 15.8. The van der Waals surface area contributed by atoms with E-state index in [1.807, 2.05) is 0 Å². The smallest absolute Gasteiger partial charge is 0.0546 e. The van der Waals surface area contributed by atoms with Crippen LogP contribution in [-0.2, 0) is 0 Å². The van der Waals surface area contributed by atoms with Crippen LogP contribution in [0.5, 0.6) is 0 Å². The highest BCUT2D eigenvalue weighted by Gasteiger charge is 2.06. The van der Waals surface area contributed by atoms with E-state index in [1.165, 1.54) is 24.0 Å². The van der Waals surface area contributed by atoms with E-state index in [4.69, 9.17) is 0 Å². The summed E-state index contributed by atoms with van der Waals surface area (Å²) < 4.78 is 0. The molecule has 0 aliphatic rings. The molecule has 0 unspecified atom stereocenters. The number of hydrogen-bond acceptors (Lipinski definition) is 2. The van der Waals surface area contributed by atoms with E-state index < -0.39 is 0 Å². The highest BCUT2D eigenvalue weighted by molar-refractivity contribution is 8.03. The molecule has 0 aliphatic heterocycles. The summed E-state index contributed by atoms with van der Waals surface area (Å²) in [4.78, 5) is 2.07. The van der Waals surface area contributed by atoms with Crippen LogP contribution in [-0.4, -0.2) is 5.75 Å². The summed E-state index contributed by atoms with van der Waals surface area (Å²) in [6.45, 7) is 6.41. The summed E-state index contributed by atoms with van der Waals surface area (Å²) in [6.07, 6.45) is 2.43. The van der Waals surface area contributed by atoms with Crippen LogP contribution >= 0.6 is 11.8 Å². The Kier molecular flexibility index (Phi) is 6.43. The molecule has 2 aromatic carbocycles. The highest BCUT2D eigenvalue weighted by Crippen LogP contribution is 2.25. The van der Waals surface area contributed by atoms with Crippen LogP contribution in [0.2, 0.25) is 0 Å². The molecule has 114 valence electrons. The zero-order valence-corrected chi connectivity index (χ0v) is 14.4. The van der Waals surface area contributed by atoms with Crippen LogP contribution in [0, 0.1) is 25.1 Å². The Hall–Kier alpha value is -1.85. The van der Waals surface area contributed by atoms with Crippen molar-refractivity contribution < 1.29 is 0 Å². The van der Waals surface area contributed by atoms with Gasteiger partial charge >= 0.3 is 0 Å². The highest BCUT2D eigenvalue weighted by atomic mass is 32.2. The summed E-state index contributed by atoms with van der Waals surface area (Å²) in [5.74, 6) is 1.10. The van der Waals surface area contributed by atoms with Gasteiger partial charge in [0.2, 0.25) is 0 Å². The van der Waals surface area contributed by atoms with Crippen molar-refractivity contribution in [1.82, 2.24) is 0 Å². The number of thioether (sulfide) groups is 1. The first-order chi connectivity index (χ1) is 10.7. The van der Waals surface area contributed by atoms with E-state index in [-0.39, 0.29) is 0 Å². The Morgan fingerprint density at radius 2 is 1.36 bits per heavy atom. The van der Waals surface area contributed by atoms with Gasteiger partial charge in [-0.05, 0) is 49.8 Å². The van der Waals surface area contributed by atoms with E-state index >= 15 is 0 Å². The predicted molar refractivity (Wildman–Crippen MR) is 99.6 cm³/mol. The lowest BCUT2D eigenvalue weighted by Gasteiger charge is -2.18. The number of benzene rings is 2. The molecule has 0 atom stereocenters. The van der Waals surface area contributed by atoms with E-state index in [0.717, 1.165) is 17.1 Å². The zero-order valence-electron chi connectivity index (χ0n) is 13.6. The monoisotopic (exact) mass is 309 g/mol. The third-order valence-corrected chi connectivity index (χ3v) is 4.14. The van der Waals surface area contributed by atoms with Crippen molar-refractivity contribution >= 4 is 23.1 Å². The standard InChI is InChI=1S/C20H23NS/c1-4-5-15-22-16-14-21(19-10-6-17(2)7-11-19)20-12-8-18(3)9-13-20/h6-13H,4-5,15H2,1-3H3. The van der Waals surface area contributed by atoms with Crippen LogP contribution in [0.4, 0.5) is 11.4 Å². The van der Waals surface area contributed by atoms with Crippen LogP contribution in [0.15, 0.2) is 48.5 Å². The molecule has 2 rings (SSSR count). The Morgan fingerprint density at radius 3 is 1.82 bits per heavy atom. The molecule has 0 aliphatic carbocycles. The Bertz CT molecular complexity index is 587. The molecule has 0 radical (unpaired) electrons. The van der Waals surface area contributed by atoms with Crippen molar-refractivity contribution in [2.24, 2.45) is 0 Å². The average molecular weight is 309 g/mol. The quantitative estimate of drug-likeness (QED) is 0.385. The van der Waals surface area contributed by atoms with E-state index in [0.29, 0.717) is 0 Å². The normalized spacial score (nSPS) is 9.95. The first-order valence-electron chi connectivity index (χ1n) is 7.76. The SMILES string of the molecule is CCCCSC#CN(c1ccc(C)cc1)c1ccc(C)cc1. The van der Waals surface area contributed by atoms with Crippen molar-refractivity contribution in [2.75, 3.05) is 10.7 Å². The van der Waals surface area contributed by atoms with Gasteiger partial charge < -0.3 is 0 Å².